The summed E-state index contributed by atoms with van der Waals surface area (Å²) in [7, 11) is 0. The molecular weight excluding hydrogens is 244 g/mol. The summed E-state index contributed by atoms with van der Waals surface area (Å²) in [5.41, 5.74) is 0. The van der Waals surface area contributed by atoms with Gasteiger partial charge in [0, 0.05) is 39.3 Å². The van der Waals surface area contributed by atoms with Crippen molar-refractivity contribution >= 4 is 12.1 Å². The highest BCUT2D eigenvalue weighted by molar-refractivity contribution is 5.75. The summed E-state index contributed by atoms with van der Waals surface area (Å²) in [6.45, 7) is 8.11. The molecule has 0 spiro atoms. The van der Waals surface area contributed by atoms with Gasteiger partial charge in [-0.15, -0.1) is 0 Å². The molecule has 0 unspecified atom stereocenters. The summed E-state index contributed by atoms with van der Waals surface area (Å²) in [5, 5.41) is 5.75. The van der Waals surface area contributed by atoms with Crippen molar-refractivity contribution in [3.63, 3.8) is 0 Å². The van der Waals surface area contributed by atoms with Crippen LogP contribution in [0.5, 0.6) is 0 Å². The van der Waals surface area contributed by atoms with E-state index in [9.17, 15) is 9.59 Å². The van der Waals surface area contributed by atoms with Crippen LogP contribution in [0.15, 0.2) is 0 Å². The molecule has 19 heavy (non-hydrogen) atoms. The van der Waals surface area contributed by atoms with Crippen LogP contribution in [0, 0.1) is 0 Å². The van der Waals surface area contributed by atoms with Crippen molar-refractivity contribution in [2.24, 2.45) is 0 Å². The summed E-state index contributed by atoms with van der Waals surface area (Å²) in [6, 6.07) is -0.0321. The summed E-state index contributed by atoms with van der Waals surface area (Å²) in [5.74, 6) is 0. The Hall–Kier alpha value is -1.46. The molecule has 1 heterocycles. The maximum absolute atomic E-state index is 11.9. The van der Waals surface area contributed by atoms with E-state index >= 15 is 0 Å². The van der Waals surface area contributed by atoms with Crippen molar-refractivity contribution in [1.82, 2.24) is 20.4 Å². The minimum Gasteiger partial charge on any atom is -0.338 e. The van der Waals surface area contributed by atoms with Crippen LogP contribution < -0.4 is 10.6 Å². The van der Waals surface area contributed by atoms with Gasteiger partial charge in [-0.2, -0.15) is 0 Å². The number of nitrogens with zero attached hydrogens (tertiary/aromatic N) is 2. The quantitative estimate of drug-likeness (QED) is 0.807. The van der Waals surface area contributed by atoms with Crippen molar-refractivity contribution in [2.75, 3.05) is 39.3 Å². The molecule has 6 nitrogen and oxygen atoms in total. The van der Waals surface area contributed by atoms with E-state index in [2.05, 4.69) is 10.6 Å². The van der Waals surface area contributed by atoms with E-state index in [0.717, 1.165) is 19.3 Å². The van der Waals surface area contributed by atoms with Crippen molar-refractivity contribution < 1.29 is 9.59 Å². The Balaban J connectivity index is 2.38. The summed E-state index contributed by atoms with van der Waals surface area (Å²) >= 11 is 0. The van der Waals surface area contributed by atoms with E-state index in [0.29, 0.717) is 39.3 Å². The summed E-state index contributed by atoms with van der Waals surface area (Å²) in [4.78, 5) is 27.3. The number of rotatable bonds is 4. The van der Waals surface area contributed by atoms with Crippen LogP contribution in [0.1, 0.15) is 33.1 Å². The maximum atomic E-state index is 11.9. The largest absolute Gasteiger partial charge is 0.338 e. The lowest BCUT2D eigenvalue weighted by atomic mass is 10.4. The lowest BCUT2D eigenvalue weighted by Crippen LogP contribution is -2.44. The Bertz CT molecular complexity index is 268. The van der Waals surface area contributed by atoms with Gasteiger partial charge in [0.05, 0.1) is 0 Å². The van der Waals surface area contributed by atoms with Gasteiger partial charge in [-0.1, -0.05) is 13.8 Å². The van der Waals surface area contributed by atoms with Crippen molar-refractivity contribution in [1.29, 1.82) is 0 Å². The zero-order valence-corrected chi connectivity index (χ0v) is 12.1. The van der Waals surface area contributed by atoms with Crippen LogP contribution in [0.4, 0.5) is 9.59 Å². The van der Waals surface area contributed by atoms with Gasteiger partial charge < -0.3 is 20.4 Å². The van der Waals surface area contributed by atoms with E-state index < -0.39 is 0 Å². The van der Waals surface area contributed by atoms with E-state index in [1.807, 2.05) is 13.8 Å². The lowest BCUT2D eigenvalue weighted by Gasteiger charge is -2.22. The lowest BCUT2D eigenvalue weighted by molar-refractivity contribution is 0.191. The smallest absolute Gasteiger partial charge is 0.317 e. The Labute approximate surface area is 115 Å². The number of carbonyl (C=O) groups is 2. The number of urea groups is 2. The predicted octanol–water partition coefficient (Wildman–Crippen LogP) is 1.23. The van der Waals surface area contributed by atoms with Crippen LogP contribution in [0.25, 0.3) is 0 Å². The molecule has 0 radical (unpaired) electrons. The standard InChI is InChI=1S/C13H26N4O2/c1-3-6-14-12(18)16-8-5-9-17(11-10-16)13(19)15-7-4-2/h3-11H2,1-2H3,(H,14,18)(H,15,19). The SMILES string of the molecule is CCCNC(=O)N1CCCN(C(=O)NCCC)CC1. The second-order valence-electron chi connectivity index (χ2n) is 4.79. The van der Waals surface area contributed by atoms with Crippen molar-refractivity contribution in [3.8, 4) is 0 Å². The van der Waals surface area contributed by atoms with Crippen LogP contribution in [-0.2, 0) is 0 Å². The summed E-state index contributed by atoms with van der Waals surface area (Å²) in [6.07, 6.45) is 2.70. The molecular formula is C13H26N4O2. The molecule has 6 heteroatoms. The zero-order chi connectivity index (χ0) is 14.1. The number of hydrogen-bond acceptors (Lipinski definition) is 2. The van der Waals surface area contributed by atoms with Crippen LogP contribution >= 0.6 is 0 Å². The highest BCUT2D eigenvalue weighted by atomic mass is 16.2. The fraction of sp³-hybridized carbons (Fsp3) is 0.846. The molecule has 1 rings (SSSR count). The molecule has 1 aliphatic heterocycles. The Morgan fingerprint density at radius 3 is 1.63 bits per heavy atom. The van der Waals surface area contributed by atoms with E-state index in [1.54, 1.807) is 9.80 Å². The van der Waals surface area contributed by atoms with Gasteiger partial charge in [0.25, 0.3) is 0 Å². The van der Waals surface area contributed by atoms with Gasteiger partial charge in [-0.25, -0.2) is 9.59 Å². The maximum Gasteiger partial charge on any atom is 0.317 e. The highest BCUT2D eigenvalue weighted by Crippen LogP contribution is 2.03. The molecule has 0 atom stereocenters. The third-order valence-electron chi connectivity index (χ3n) is 3.12. The first-order valence-electron chi connectivity index (χ1n) is 7.24. The average molecular weight is 270 g/mol. The van der Waals surface area contributed by atoms with Gasteiger partial charge >= 0.3 is 12.1 Å². The van der Waals surface area contributed by atoms with Crippen LogP contribution in [0.3, 0.4) is 0 Å². The molecule has 0 saturated carbocycles. The fourth-order valence-corrected chi connectivity index (χ4v) is 2.01. The second kappa shape index (κ2) is 8.61. The molecule has 0 aromatic carbocycles. The van der Waals surface area contributed by atoms with Gasteiger partial charge in [-0.3, -0.25) is 0 Å². The molecule has 1 saturated heterocycles. The number of amides is 4. The molecule has 2 N–H and O–H groups in total. The highest BCUT2D eigenvalue weighted by Gasteiger charge is 2.21. The van der Waals surface area contributed by atoms with Crippen molar-refractivity contribution in [3.05, 3.63) is 0 Å². The van der Waals surface area contributed by atoms with Crippen LogP contribution in [-0.4, -0.2) is 61.1 Å². The van der Waals surface area contributed by atoms with Gasteiger partial charge in [0.2, 0.25) is 0 Å². The average Bonchev–Trinajstić information content (AvgIpc) is 2.68. The molecule has 0 aromatic rings. The molecule has 4 amide bonds. The third-order valence-corrected chi connectivity index (χ3v) is 3.12. The topological polar surface area (TPSA) is 64.7 Å². The second-order valence-corrected chi connectivity index (χ2v) is 4.79. The number of nitrogens with one attached hydrogen (secondary N) is 2. The van der Waals surface area contributed by atoms with Crippen LogP contribution in [0.2, 0.25) is 0 Å². The molecule has 0 bridgehead atoms. The Kier molecular flexibility index (Phi) is 7.07. The molecule has 0 aliphatic carbocycles. The van der Waals surface area contributed by atoms with E-state index in [-0.39, 0.29) is 12.1 Å². The number of hydrogen-bond donors (Lipinski definition) is 2. The predicted molar refractivity (Wildman–Crippen MR) is 75.1 cm³/mol. The molecule has 110 valence electrons. The molecule has 0 aromatic heterocycles. The number of carbonyl (C=O) groups excluding carboxylic acids is 2. The summed E-state index contributed by atoms with van der Waals surface area (Å²) < 4.78 is 0. The third kappa shape index (κ3) is 5.36. The first-order chi connectivity index (χ1) is 9.19. The molecule has 1 fully saturated rings. The van der Waals surface area contributed by atoms with E-state index in [4.69, 9.17) is 0 Å². The van der Waals surface area contributed by atoms with Gasteiger partial charge in [0.15, 0.2) is 0 Å². The van der Waals surface area contributed by atoms with Gasteiger partial charge in [0.1, 0.15) is 0 Å². The normalized spacial score (nSPS) is 15.9. The minimum atomic E-state index is -0.0160. The van der Waals surface area contributed by atoms with E-state index in [1.165, 1.54) is 0 Å². The fourth-order valence-electron chi connectivity index (χ4n) is 2.01. The van der Waals surface area contributed by atoms with Crippen molar-refractivity contribution in [2.45, 2.75) is 33.1 Å². The Morgan fingerprint density at radius 1 is 0.842 bits per heavy atom. The monoisotopic (exact) mass is 270 g/mol. The first kappa shape index (κ1) is 15.6. The Morgan fingerprint density at radius 2 is 1.26 bits per heavy atom. The minimum absolute atomic E-state index is 0.0160. The zero-order valence-electron chi connectivity index (χ0n) is 12.1. The molecule has 1 aliphatic rings. The van der Waals surface area contributed by atoms with Gasteiger partial charge in [-0.05, 0) is 19.3 Å². The first-order valence-corrected chi connectivity index (χ1v) is 7.24.